The molecule has 3 heterocycles. The van der Waals surface area contributed by atoms with Gasteiger partial charge in [-0.25, -0.2) is 15.0 Å². The van der Waals surface area contributed by atoms with Crippen LogP contribution in [-0.2, 0) is 4.74 Å². The maximum atomic E-state index is 5.56. The molecule has 1 saturated heterocycles. The van der Waals surface area contributed by atoms with E-state index >= 15 is 0 Å². The molecule has 1 aliphatic rings. The van der Waals surface area contributed by atoms with Crippen LogP contribution in [0, 0.1) is 5.92 Å². The predicted octanol–water partition coefficient (Wildman–Crippen LogP) is 1.75. The summed E-state index contributed by atoms with van der Waals surface area (Å²) in [7, 11) is 0. The first kappa shape index (κ1) is 9.33. The van der Waals surface area contributed by atoms with Gasteiger partial charge in [0.25, 0.3) is 0 Å². The monoisotopic (exact) mass is 216 g/mol. The zero-order valence-electron chi connectivity index (χ0n) is 8.97. The molecule has 0 saturated carbocycles. The Morgan fingerprint density at radius 3 is 3.19 bits per heavy atom. The number of ether oxygens (including phenoxy) is 1. The predicted molar refractivity (Wildman–Crippen MR) is 59.4 cm³/mol. The van der Waals surface area contributed by atoms with Crippen molar-refractivity contribution in [3.63, 3.8) is 0 Å². The molecule has 0 radical (unpaired) electrons. The minimum Gasteiger partial charge on any atom is -0.498 e. The molecule has 0 spiro atoms. The minimum absolute atomic E-state index is 0.588. The number of fused-ring (bicyclic) bond motifs is 1. The fourth-order valence-electron chi connectivity index (χ4n) is 1.86. The molecule has 0 bridgehead atoms. The molecule has 16 heavy (non-hydrogen) atoms. The molecule has 82 valence electrons. The summed E-state index contributed by atoms with van der Waals surface area (Å²) in [6.07, 6.45) is 6.08. The van der Waals surface area contributed by atoms with E-state index in [1.807, 2.05) is 6.08 Å². The van der Waals surface area contributed by atoms with Crippen LogP contribution in [0.2, 0.25) is 0 Å². The Balaban J connectivity index is 2.03. The van der Waals surface area contributed by atoms with Crippen LogP contribution >= 0.6 is 0 Å². The van der Waals surface area contributed by atoms with E-state index in [0.29, 0.717) is 11.6 Å². The molecule has 0 amide bonds. The SMILES string of the molecule is C[C@@H]1CO/C(=C/c2ncnc3nc[nH]c23)C1. The van der Waals surface area contributed by atoms with Gasteiger partial charge in [0.2, 0.25) is 0 Å². The minimum atomic E-state index is 0.588. The number of hydrogen-bond donors (Lipinski definition) is 1. The molecule has 0 aromatic carbocycles. The molecule has 1 aliphatic heterocycles. The number of nitrogens with zero attached hydrogens (tertiary/aromatic N) is 3. The van der Waals surface area contributed by atoms with Crippen molar-refractivity contribution in [1.82, 2.24) is 19.9 Å². The van der Waals surface area contributed by atoms with Crippen LogP contribution < -0.4 is 0 Å². The van der Waals surface area contributed by atoms with Gasteiger partial charge in [-0.3, -0.25) is 0 Å². The highest BCUT2D eigenvalue weighted by Gasteiger charge is 2.16. The van der Waals surface area contributed by atoms with Gasteiger partial charge in [0.15, 0.2) is 5.65 Å². The number of nitrogens with one attached hydrogen (secondary N) is 1. The van der Waals surface area contributed by atoms with Gasteiger partial charge < -0.3 is 9.72 Å². The van der Waals surface area contributed by atoms with E-state index in [1.165, 1.54) is 6.33 Å². The van der Waals surface area contributed by atoms with Crippen LogP contribution in [0.15, 0.2) is 18.4 Å². The molecular weight excluding hydrogens is 204 g/mol. The molecule has 0 aliphatic carbocycles. The summed E-state index contributed by atoms with van der Waals surface area (Å²) in [6, 6.07) is 0. The number of hydrogen-bond acceptors (Lipinski definition) is 4. The van der Waals surface area contributed by atoms with Crippen molar-refractivity contribution in [2.75, 3.05) is 6.61 Å². The number of H-pyrrole nitrogens is 1. The molecular formula is C11H12N4O. The van der Waals surface area contributed by atoms with E-state index in [2.05, 4.69) is 26.9 Å². The maximum absolute atomic E-state index is 5.56. The van der Waals surface area contributed by atoms with E-state index in [9.17, 15) is 0 Å². The summed E-state index contributed by atoms with van der Waals surface area (Å²) >= 11 is 0. The average Bonchev–Trinajstić information content (AvgIpc) is 2.87. The lowest BCUT2D eigenvalue weighted by molar-refractivity contribution is 0.248. The van der Waals surface area contributed by atoms with Crippen LogP contribution in [0.1, 0.15) is 19.0 Å². The first-order valence-electron chi connectivity index (χ1n) is 5.30. The zero-order chi connectivity index (χ0) is 11.0. The Bertz CT molecular complexity index is 546. The Hall–Kier alpha value is -1.91. The molecule has 1 fully saturated rings. The van der Waals surface area contributed by atoms with Gasteiger partial charge in [0.05, 0.1) is 24.4 Å². The van der Waals surface area contributed by atoms with Crippen molar-refractivity contribution in [3.8, 4) is 0 Å². The molecule has 2 aromatic rings. The molecule has 1 atom stereocenters. The summed E-state index contributed by atoms with van der Waals surface area (Å²) < 4.78 is 5.56. The third-order valence-electron chi connectivity index (χ3n) is 2.65. The number of allylic oxidation sites excluding steroid dienone is 1. The van der Waals surface area contributed by atoms with E-state index in [0.717, 1.165) is 30.0 Å². The van der Waals surface area contributed by atoms with Gasteiger partial charge >= 0.3 is 0 Å². The van der Waals surface area contributed by atoms with Gasteiger partial charge in [0.1, 0.15) is 11.8 Å². The summed E-state index contributed by atoms with van der Waals surface area (Å²) in [5.41, 5.74) is 2.39. The molecule has 5 heteroatoms. The summed E-state index contributed by atoms with van der Waals surface area (Å²) in [6.45, 7) is 2.97. The number of rotatable bonds is 1. The first-order chi connectivity index (χ1) is 7.83. The first-order valence-corrected chi connectivity index (χ1v) is 5.30. The highest BCUT2D eigenvalue weighted by atomic mass is 16.5. The number of imidazole rings is 1. The van der Waals surface area contributed by atoms with Crippen molar-refractivity contribution in [2.24, 2.45) is 5.92 Å². The zero-order valence-corrected chi connectivity index (χ0v) is 8.97. The Morgan fingerprint density at radius 2 is 2.38 bits per heavy atom. The molecule has 0 unspecified atom stereocenters. The van der Waals surface area contributed by atoms with Gasteiger partial charge in [-0.05, 0) is 5.92 Å². The average molecular weight is 216 g/mol. The lowest BCUT2D eigenvalue weighted by Crippen LogP contribution is -1.88. The van der Waals surface area contributed by atoms with Gasteiger partial charge in [-0.2, -0.15) is 0 Å². The second-order valence-corrected chi connectivity index (χ2v) is 4.09. The Kier molecular flexibility index (Phi) is 2.09. The van der Waals surface area contributed by atoms with Gasteiger partial charge in [-0.1, -0.05) is 6.92 Å². The van der Waals surface area contributed by atoms with E-state index in [-0.39, 0.29) is 0 Å². The Morgan fingerprint density at radius 1 is 1.44 bits per heavy atom. The maximum Gasteiger partial charge on any atom is 0.181 e. The van der Waals surface area contributed by atoms with Gasteiger partial charge in [0, 0.05) is 12.5 Å². The number of aromatic amines is 1. The molecule has 3 rings (SSSR count). The van der Waals surface area contributed by atoms with Crippen LogP contribution in [0.25, 0.3) is 17.2 Å². The largest absolute Gasteiger partial charge is 0.498 e. The van der Waals surface area contributed by atoms with E-state index < -0.39 is 0 Å². The lowest BCUT2D eigenvalue weighted by atomic mass is 10.1. The molecule has 1 N–H and O–H groups in total. The smallest absolute Gasteiger partial charge is 0.181 e. The van der Waals surface area contributed by atoms with Crippen molar-refractivity contribution in [3.05, 3.63) is 24.1 Å². The van der Waals surface area contributed by atoms with Crippen molar-refractivity contribution in [2.45, 2.75) is 13.3 Å². The normalized spacial score (nSPS) is 22.8. The quantitative estimate of drug-likeness (QED) is 0.788. The molecule has 2 aromatic heterocycles. The van der Waals surface area contributed by atoms with Crippen LogP contribution in [-0.4, -0.2) is 26.5 Å². The summed E-state index contributed by atoms with van der Waals surface area (Å²) in [4.78, 5) is 15.4. The highest BCUT2D eigenvalue weighted by molar-refractivity contribution is 5.79. The Labute approximate surface area is 92.6 Å². The van der Waals surface area contributed by atoms with Crippen LogP contribution in [0.4, 0.5) is 0 Å². The van der Waals surface area contributed by atoms with E-state index in [4.69, 9.17) is 4.74 Å². The van der Waals surface area contributed by atoms with E-state index in [1.54, 1.807) is 6.33 Å². The lowest BCUT2D eigenvalue weighted by Gasteiger charge is -1.98. The summed E-state index contributed by atoms with van der Waals surface area (Å²) in [5, 5.41) is 0. The van der Waals surface area contributed by atoms with Crippen molar-refractivity contribution < 1.29 is 4.74 Å². The topological polar surface area (TPSA) is 63.7 Å². The van der Waals surface area contributed by atoms with Crippen molar-refractivity contribution >= 4 is 17.2 Å². The highest BCUT2D eigenvalue weighted by Crippen LogP contribution is 2.24. The fraction of sp³-hybridized carbons (Fsp3) is 0.364. The van der Waals surface area contributed by atoms with Gasteiger partial charge in [-0.15, -0.1) is 0 Å². The van der Waals surface area contributed by atoms with Crippen LogP contribution in [0.5, 0.6) is 0 Å². The third kappa shape index (κ3) is 1.54. The van der Waals surface area contributed by atoms with Crippen molar-refractivity contribution in [1.29, 1.82) is 0 Å². The third-order valence-corrected chi connectivity index (χ3v) is 2.65. The molecule has 5 nitrogen and oxygen atoms in total. The second-order valence-electron chi connectivity index (χ2n) is 4.09. The summed E-state index contributed by atoms with van der Waals surface area (Å²) in [5.74, 6) is 1.58. The number of aromatic nitrogens is 4. The second kappa shape index (κ2) is 3.59. The van der Waals surface area contributed by atoms with Crippen LogP contribution in [0.3, 0.4) is 0 Å². The standard InChI is InChI=1S/C11H12N4O/c1-7-2-8(16-4-7)3-9-10-11(14-5-12-9)15-6-13-10/h3,5-7H,2,4H2,1H3,(H,12,13,14,15)/b8-3+/t7-/m0/s1. The fourth-order valence-corrected chi connectivity index (χ4v) is 1.86.